The average Bonchev–Trinajstić information content (AvgIpc) is 2.86. The zero-order valence-corrected chi connectivity index (χ0v) is 12.9. The Morgan fingerprint density at radius 3 is 2.91 bits per heavy atom. The van der Waals surface area contributed by atoms with Crippen molar-refractivity contribution in [3.05, 3.63) is 54.0 Å². The topological polar surface area (TPSA) is 76.4 Å². The Hall–Kier alpha value is -2.86. The molecule has 0 unspecified atom stereocenters. The number of para-hydroxylation sites is 1. The maximum absolute atomic E-state index is 11.3. The van der Waals surface area contributed by atoms with Crippen LogP contribution in [0.25, 0.3) is 10.9 Å². The molecule has 2 heterocycles. The standard InChI is InChI=1S/C17H17N3O3/c1-18-10-12-9-13(6-7-19-12)23-15-5-3-4-11-8-14(17(21)22)20(2)16(11)15/h3-9,18H,10H2,1-2H3,(H,21,22). The Morgan fingerprint density at radius 2 is 2.17 bits per heavy atom. The molecule has 3 aromatic rings. The summed E-state index contributed by atoms with van der Waals surface area (Å²) in [6.45, 7) is 0.648. The van der Waals surface area contributed by atoms with Gasteiger partial charge in [-0.2, -0.15) is 0 Å². The molecule has 0 amide bonds. The van der Waals surface area contributed by atoms with Gasteiger partial charge in [0.1, 0.15) is 11.4 Å². The summed E-state index contributed by atoms with van der Waals surface area (Å²) in [4.78, 5) is 15.6. The molecular weight excluding hydrogens is 294 g/mol. The minimum absolute atomic E-state index is 0.224. The SMILES string of the molecule is CNCc1cc(Oc2cccc3cc(C(=O)O)n(C)c23)ccn1. The summed E-state index contributed by atoms with van der Waals surface area (Å²) >= 11 is 0. The predicted octanol–water partition coefficient (Wildman–Crippen LogP) is 2.78. The molecule has 6 heteroatoms. The molecule has 0 spiro atoms. The number of carbonyl (C=O) groups is 1. The van der Waals surface area contributed by atoms with Crippen LogP contribution < -0.4 is 10.1 Å². The van der Waals surface area contributed by atoms with Crippen molar-refractivity contribution in [1.29, 1.82) is 0 Å². The summed E-state index contributed by atoms with van der Waals surface area (Å²) in [7, 11) is 3.57. The van der Waals surface area contributed by atoms with Gasteiger partial charge in [-0.3, -0.25) is 4.98 Å². The van der Waals surface area contributed by atoms with Crippen LogP contribution in [0.4, 0.5) is 0 Å². The molecule has 0 fully saturated rings. The molecule has 0 aliphatic heterocycles. The van der Waals surface area contributed by atoms with E-state index in [2.05, 4.69) is 10.3 Å². The first-order valence-corrected chi connectivity index (χ1v) is 7.19. The summed E-state index contributed by atoms with van der Waals surface area (Å²) in [6.07, 6.45) is 1.69. The second kappa shape index (κ2) is 6.10. The number of hydrogen-bond acceptors (Lipinski definition) is 4. The Kier molecular flexibility index (Phi) is 3.99. The number of ether oxygens (including phenoxy) is 1. The first-order chi connectivity index (χ1) is 11.1. The highest BCUT2D eigenvalue weighted by Gasteiger charge is 2.15. The third-order valence-electron chi connectivity index (χ3n) is 3.61. The van der Waals surface area contributed by atoms with Gasteiger partial charge in [0.05, 0.1) is 11.2 Å². The van der Waals surface area contributed by atoms with Gasteiger partial charge in [-0.15, -0.1) is 0 Å². The van der Waals surface area contributed by atoms with Crippen molar-refractivity contribution < 1.29 is 14.6 Å². The van der Waals surface area contributed by atoms with Gasteiger partial charge in [0.15, 0.2) is 5.75 Å². The smallest absolute Gasteiger partial charge is 0.352 e. The minimum Gasteiger partial charge on any atom is -0.477 e. The molecule has 0 atom stereocenters. The number of nitrogens with zero attached hydrogens (tertiary/aromatic N) is 2. The molecule has 0 aliphatic carbocycles. The highest BCUT2D eigenvalue weighted by molar-refractivity contribution is 5.96. The van der Waals surface area contributed by atoms with Crippen LogP contribution in [0, 0.1) is 0 Å². The van der Waals surface area contributed by atoms with Crippen molar-refractivity contribution in [2.24, 2.45) is 7.05 Å². The lowest BCUT2D eigenvalue weighted by Gasteiger charge is -2.10. The van der Waals surface area contributed by atoms with E-state index in [1.165, 1.54) is 0 Å². The van der Waals surface area contributed by atoms with Crippen molar-refractivity contribution in [1.82, 2.24) is 14.9 Å². The number of benzene rings is 1. The van der Waals surface area contributed by atoms with E-state index in [1.54, 1.807) is 29.9 Å². The van der Waals surface area contributed by atoms with E-state index in [-0.39, 0.29) is 5.69 Å². The molecule has 3 rings (SSSR count). The number of rotatable bonds is 5. The fraction of sp³-hybridized carbons (Fsp3) is 0.176. The van der Waals surface area contributed by atoms with Crippen LogP contribution >= 0.6 is 0 Å². The molecule has 0 saturated heterocycles. The first-order valence-electron chi connectivity index (χ1n) is 7.19. The van der Waals surface area contributed by atoms with Crippen LogP contribution in [0.3, 0.4) is 0 Å². The van der Waals surface area contributed by atoms with E-state index in [4.69, 9.17) is 4.74 Å². The first kappa shape index (κ1) is 15.1. The lowest BCUT2D eigenvalue weighted by molar-refractivity contribution is 0.0687. The molecule has 2 aromatic heterocycles. The molecule has 0 radical (unpaired) electrons. The van der Waals surface area contributed by atoms with E-state index in [0.29, 0.717) is 18.0 Å². The number of carboxylic acid groups (broad SMARTS) is 1. The maximum atomic E-state index is 11.3. The molecule has 0 aliphatic rings. The molecule has 0 saturated carbocycles. The number of fused-ring (bicyclic) bond motifs is 1. The van der Waals surface area contributed by atoms with Gasteiger partial charge in [-0.25, -0.2) is 4.79 Å². The molecule has 23 heavy (non-hydrogen) atoms. The van der Waals surface area contributed by atoms with Crippen LogP contribution in [-0.4, -0.2) is 27.7 Å². The van der Waals surface area contributed by atoms with Crippen molar-refractivity contribution in [2.75, 3.05) is 7.05 Å². The predicted molar refractivity (Wildman–Crippen MR) is 87.0 cm³/mol. The molecule has 6 nitrogen and oxygen atoms in total. The van der Waals surface area contributed by atoms with Crippen molar-refractivity contribution in [2.45, 2.75) is 6.54 Å². The van der Waals surface area contributed by atoms with Crippen molar-refractivity contribution in [3.63, 3.8) is 0 Å². The van der Waals surface area contributed by atoms with Crippen molar-refractivity contribution >= 4 is 16.9 Å². The van der Waals surface area contributed by atoms with E-state index >= 15 is 0 Å². The van der Waals surface area contributed by atoms with Gasteiger partial charge >= 0.3 is 5.97 Å². The van der Waals surface area contributed by atoms with Crippen LogP contribution in [0.1, 0.15) is 16.2 Å². The molecule has 1 aromatic carbocycles. The summed E-state index contributed by atoms with van der Waals surface area (Å²) in [5.41, 5.74) is 1.84. The van der Waals surface area contributed by atoms with Gasteiger partial charge in [0, 0.05) is 31.2 Å². The normalized spacial score (nSPS) is 10.9. The zero-order valence-electron chi connectivity index (χ0n) is 12.9. The van der Waals surface area contributed by atoms with Gasteiger partial charge in [-0.05, 0) is 25.2 Å². The van der Waals surface area contributed by atoms with Crippen LogP contribution in [-0.2, 0) is 13.6 Å². The Balaban J connectivity index is 2.03. The molecule has 0 bridgehead atoms. The number of hydrogen-bond donors (Lipinski definition) is 2. The third kappa shape index (κ3) is 2.89. The largest absolute Gasteiger partial charge is 0.477 e. The highest BCUT2D eigenvalue weighted by Crippen LogP contribution is 2.31. The van der Waals surface area contributed by atoms with Gasteiger partial charge in [-0.1, -0.05) is 12.1 Å². The van der Waals surface area contributed by atoms with E-state index < -0.39 is 5.97 Å². The minimum atomic E-state index is -0.963. The Bertz CT molecular complexity index is 871. The number of nitrogens with one attached hydrogen (secondary N) is 1. The molecular formula is C17H17N3O3. The second-order valence-electron chi connectivity index (χ2n) is 5.20. The fourth-order valence-corrected chi connectivity index (χ4v) is 2.59. The van der Waals surface area contributed by atoms with Crippen molar-refractivity contribution in [3.8, 4) is 11.5 Å². The lowest BCUT2D eigenvalue weighted by Crippen LogP contribution is -2.06. The van der Waals surface area contributed by atoms with Crippen LogP contribution in [0.15, 0.2) is 42.6 Å². The maximum Gasteiger partial charge on any atom is 0.352 e. The quantitative estimate of drug-likeness (QED) is 0.757. The van der Waals surface area contributed by atoms with Gasteiger partial charge in [0.25, 0.3) is 0 Å². The fourth-order valence-electron chi connectivity index (χ4n) is 2.59. The van der Waals surface area contributed by atoms with Gasteiger partial charge < -0.3 is 19.7 Å². The lowest BCUT2D eigenvalue weighted by atomic mass is 10.2. The molecule has 2 N–H and O–H groups in total. The third-order valence-corrected chi connectivity index (χ3v) is 3.61. The van der Waals surface area contributed by atoms with E-state index in [1.807, 2.05) is 31.3 Å². The Morgan fingerprint density at radius 1 is 1.35 bits per heavy atom. The summed E-state index contributed by atoms with van der Waals surface area (Å²) in [5.74, 6) is 0.310. The highest BCUT2D eigenvalue weighted by atomic mass is 16.5. The monoisotopic (exact) mass is 311 g/mol. The molecule has 118 valence electrons. The van der Waals surface area contributed by atoms with E-state index in [0.717, 1.165) is 16.6 Å². The average molecular weight is 311 g/mol. The van der Waals surface area contributed by atoms with Gasteiger partial charge in [0.2, 0.25) is 0 Å². The number of aromatic carboxylic acids is 1. The number of aromatic nitrogens is 2. The number of aryl methyl sites for hydroxylation is 1. The Labute approximate surface area is 133 Å². The zero-order chi connectivity index (χ0) is 16.4. The second-order valence-corrected chi connectivity index (χ2v) is 5.20. The summed E-state index contributed by atoms with van der Waals surface area (Å²) in [5, 5.41) is 13.1. The summed E-state index contributed by atoms with van der Waals surface area (Å²) in [6, 6.07) is 10.8. The van der Waals surface area contributed by atoms with Crippen LogP contribution in [0.5, 0.6) is 11.5 Å². The van der Waals surface area contributed by atoms with Crippen LogP contribution in [0.2, 0.25) is 0 Å². The van der Waals surface area contributed by atoms with E-state index in [9.17, 15) is 9.90 Å². The number of carboxylic acids is 1. The number of pyridine rings is 1. The summed E-state index contributed by atoms with van der Waals surface area (Å²) < 4.78 is 7.60.